The maximum Gasteiger partial charge on any atom is 0.0530 e. The van der Waals surface area contributed by atoms with Crippen LogP contribution in [0.5, 0.6) is 0 Å². The predicted octanol–water partition coefficient (Wildman–Crippen LogP) is 2.18. The van der Waals surface area contributed by atoms with Gasteiger partial charge in [-0.3, -0.25) is 4.99 Å². The first kappa shape index (κ1) is 7.84. The van der Waals surface area contributed by atoms with Gasteiger partial charge >= 0.3 is 0 Å². The molecule has 0 N–H and O–H groups in total. The molecule has 2 rings (SSSR count). The second-order valence-electron chi connectivity index (χ2n) is 3.62. The SMILES string of the molecule is C1=CN(C2CCCCC2)CC=N1. The molecule has 2 heteroatoms. The Morgan fingerprint density at radius 3 is 2.67 bits per heavy atom. The van der Waals surface area contributed by atoms with Crippen molar-refractivity contribution in [3.05, 3.63) is 12.4 Å². The van der Waals surface area contributed by atoms with Crippen LogP contribution in [0.25, 0.3) is 0 Å². The smallest absolute Gasteiger partial charge is 0.0530 e. The fourth-order valence-electron chi connectivity index (χ4n) is 2.07. The average molecular weight is 164 g/mol. The molecule has 1 saturated carbocycles. The molecule has 2 aliphatic rings. The topological polar surface area (TPSA) is 15.6 Å². The summed E-state index contributed by atoms with van der Waals surface area (Å²) in [6.07, 6.45) is 13.0. The Balaban J connectivity index is 1.90. The quantitative estimate of drug-likeness (QED) is 0.580. The van der Waals surface area contributed by atoms with Gasteiger partial charge < -0.3 is 4.90 Å². The minimum atomic E-state index is 0.793. The van der Waals surface area contributed by atoms with Gasteiger partial charge in [0.25, 0.3) is 0 Å². The van der Waals surface area contributed by atoms with Gasteiger partial charge in [-0.25, -0.2) is 0 Å². The zero-order valence-corrected chi connectivity index (χ0v) is 7.45. The van der Waals surface area contributed by atoms with E-state index in [1.807, 2.05) is 12.4 Å². The minimum Gasteiger partial charge on any atom is -0.368 e. The molecule has 1 fully saturated rings. The van der Waals surface area contributed by atoms with Crippen LogP contribution in [-0.4, -0.2) is 23.7 Å². The molecule has 12 heavy (non-hydrogen) atoms. The molecule has 0 amide bonds. The van der Waals surface area contributed by atoms with Gasteiger partial charge in [-0.05, 0) is 12.8 Å². The molecule has 1 heterocycles. The van der Waals surface area contributed by atoms with Crippen molar-refractivity contribution >= 4 is 6.21 Å². The van der Waals surface area contributed by atoms with Crippen molar-refractivity contribution in [2.24, 2.45) is 4.99 Å². The van der Waals surface area contributed by atoms with Crippen LogP contribution in [0, 0.1) is 0 Å². The Bertz CT molecular complexity index is 190. The van der Waals surface area contributed by atoms with Crippen molar-refractivity contribution in [1.82, 2.24) is 4.90 Å². The van der Waals surface area contributed by atoms with Crippen molar-refractivity contribution in [3.63, 3.8) is 0 Å². The highest BCUT2D eigenvalue weighted by atomic mass is 15.2. The van der Waals surface area contributed by atoms with Crippen LogP contribution in [0.3, 0.4) is 0 Å². The van der Waals surface area contributed by atoms with E-state index in [4.69, 9.17) is 0 Å². The first-order valence-corrected chi connectivity index (χ1v) is 4.91. The molecule has 0 unspecified atom stereocenters. The van der Waals surface area contributed by atoms with Crippen molar-refractivity contribution in [2.45, 2.75) is 38.1 Å². The predicted molar refractivity (Wildman–Crippen MR) is 51.2 cm³/mol. The standard InChI is InChI=1S/C10H16N2/c1-2-4-10(5-3-1)12-8-6-11-7-9-12/h6-8,10H,1-5,9H2. The van der Waals surface area contributed by atoms with Crippen LogP contribution in [0.4, 0.5) is 0 Å². The summed E-state index contributed by atoms with van der Waals surface area (Å²) in [5.41, 5.74) is 0. The Morgan fingerprint density at radius 2 is 2.00 bits per heavy atom. The highest BCUT2D eigenvalue weighted by Crippen LogP contribution is 2.22. The molecule has 66 valence electrons. The highest BCUT2D eigenvalue weighted by Gasteiger charge is 2.18. The van der Waals surface area contributed by atoms with Gasteiger partial charge in [0.15, 0.2) is 0 Å². The van der Waals surface area contributed by atoms with Crippen molar-refractivity contribution in [3.8, 4) is 0 Å². The van der Waals surface area contributed by atoms with E-state index < -0.39 is 0 Å². The van der Waals surface area contributed by atoms with Gasteiger partial charge in [0.2, 0.25) is 0 Å². The lowest BCUT2D eigenvalue weighted by Gasteiger charge is -2.33. The number of nitrogens with zero attached hydrogens (tertiary/aromatic N) is 2. The van der Waals surface area contributed by atoms with Crippen molar-refractivity contribution in [2.75, 3.05) is 6.54 Å². The summed E-state index contributed by atoms with van der Waals surface area (Å²) in [4.78, 5) is 6.50. The fourth-order valence-corrected chi connectivity index (χ4v) is 2.07. The molecule has 0 spiro atoms. The summed E-state index contributed by atoms with van der Waals surface area (Å²) in [5, 5.41) is 0. The van der Waals surface area contributed by atoms with E-state index in [9.17, 15) is 0 Å². The average Bonchev–Trinajstić information content (AvgIpc) is 2.21. The van der Waals surface area contributed by atoms with E-state index in [0.717, 1.165) is 12.6 Å². The number of rotatable bonds is 1. The van der Waals surface area contributed by atoms with E-state index in [1.54, 1.807) is 0 Å². The largest absolute Gasteiger partial charge is 0.368 e. The van der Waals surface area contributed by atoms with Crippen molar-refractivity contribution in [1.29, 1.82) is 0 Å². The maximum atomic E-state index is 4.07. The Labute approximate surface area is 74.0 Å². The summed E-state index contributed by atoms with van der Waals surface area (Å²) in [6, 6.07) is 0.793. The number of aliphatic imine (C=N–C) groups is 1. The van der Waals surface area contributed by atoms with Gasteiger partial charge in [0.1, 0.15) is 0 Å². The molecule has 2 nitrogen and oxygen atoms in total. The molecule has 0 aromatic carbocycles. The third-order valence-electron chi connectivity index (χ3n) is 2.79. The molecule has 0 bridgehead atoms. The Morgan fingerprint density at radius 1 is 1.17 bits per heavy atom. The highest BCUT2D eigenvalue weighted by molar-refractivity contribution is 5.61. The lowest BCUT2D eigenvalue weighted by atomic mass is 9.94. The zero-order valence-electron chi connectivity index (χ0n) is 7.45. The van der Waals surface area contributed by atoms with E-state index in [1.165, 1.54) is 32.1 Å². The van der Waals surface area contributed by atoms with Gasteiger partial charge in [-0.15, -0.1) is 0 Å². The van der Waals surface area contributed by atoms with Gasteiger partial charge in [-0.1, -0.05) is 19.3 Å². The Kier molecular flexibility index (Phi) is 2.45. The second kappa shape index (κ2) is 3.74. The number of hydrogen-bond acceptors (Lipinski definition) is 2. The Hall–Kier alpha value is -0.790. The van der Waals surface area contributed by atoms with E-state index >= 15 is 0 Å². The second-order valence-corrected chi connectivity index (χ2v) is 3.62. The van der Waals surface area contributed by atoms with Crippen LogP contribution < -0.4 is 0 Å². The molecule has 0 aromatic heterocycles. The third-order valence-corrected chi connectivity index (χ3v) is 2.79. The van der Waals surface area contributed by atoms with Gasteiger partial charge in [-0.2, -0.15) is 0 Å². The molecule has 0 radical (unpaired) electrons. The first-order chi connectivity index (χ1) is 5.97. The van der Waals surface area contributed by atoms with E-state index in [-0.39, 0.29) is 0 Å². The zero-order chi connectivity index (χ0) is 8.23. The summed E-state index contributed by atoms with van der Waals surface area (Å²) in [7, 11) is 0. The summed E-state index contributed by atoms with van der Waals surface area (Å²) >= 11 is 0. The van der Waals surface area contributed by atoms with Crippen LogP contribution in [-0.2, 0) is 0 Å². The van der Waals surface area contributed by atoms with E-state index in [0.29, 0.717) is 0 Å². The molecule has 1 aliphatic carbocycles. The number of hydrogen-bond donors (Lipinski definition) is 0. The van der Waals surface area contributed by atoms with Crippen LogP contribution in [0.2, 0.25) is 0 Å². The van der Waals surface area contributed by atoms with Crippen LogP contribution >= 0.6 is 0 Å². The molecule has 1 aliphatic heterocycles. The molecule has 0 atom stereocenters. The molecule has 0 aromatic rings. The third kappa shape index (κ3) is 1.68. The van der Waals surface area contributed by atoms with Crippen molar-refractivity contribution < 1.29 is 0 Å². The molecular weight excluding hydrogens is 148 g/mol. The first-order valence-electron chi connectivity index (χ1n) is 4.91. The monoisotopic (exact) mass is 164 g/mol. The summed E-state index contributed by atoms with van der Waals surface area (Å²) in [6.45, 7) is 1.02. The van der Waals surface area contributed by atoms with Crippen LogP contribution in [0.15, 0.2) is 17.4 Å². The minimum absolute atomic E-state index is 0.793. The van der Waals surface area contributed by atoms with Gasteiger partial charge in [0.05, 0.1) is 6.54 Å². The maximum absolute atomic E-state index is 4.07. The molecule has 0 saturated heterocycles. The lowest BCUT2D eigenvalue weighted by Crippen LogP contribution is -2.34. The summed E-state index contributed by atoms with van der Waals surface area (Å²) < 4.78 is 0. The normalized spacial score (nSPS) is 24.8. The summed E-state index contributed by atoms with van der Waals surface area (Å²) in [5.74, 6) is 0. The lowest BCUT2D eigenvalue weighted by molar-refractivity contribution is 0.239. The van der Waals surface area contributed by atoms with Crippen LogP contribution in [0.1, 0.15) is 32.1 Å². The van der Waals surface area contributed by atoms with Gasteiger partial charge in [0, 0.05) is 24.7 Å². The van der Waals surface area contributed by atoms with E-state index in [2.05, 4.69) is 16.1 Å². The molecular formula is C10H16N2. The fraction of sp³-hybridized carbons (Fsp3) is 0.700.